The third kappa shape index (κ3) is 2.80. The van der Waals surface area contributed by atoms with Gasteiger partial charge in [-0.1, -0.05) is 12.1 Å². The lowest BCUT2D eigenvalue weighted by Crippen LogP contribution is -2.35. The zero-order valence-corrected chi connectivity index (χ0v) is 12.8. The second-order valence-electron chi connectivity index (χ2n) is 5.16. The van der Waals surface area contributed by atoms with Gasteiger partial charge in [-0.3, -0.25) is 9.36 Å². The third-order valence-corrected chi connectivity index (χ3v) is 3.70. The molecular weight excluding hydrogens is 318 g/mol. The minimum absolute atomic E-state index is 0.224. The maximum Gasteiger partial charge on any atom is 0.420 e. The molecule has 5 nitrogen and oxygen atoms in total. The Balaban J connectivity index is 1.93. The first kappa shape index (κ1) is 15.9. The van der Waals surface area contributed by atoms with Crippen LogP contribution in [0.25, 0.3) is 11.1 Å². The molecule has 0 N–H and O–H groups in total. The molecule has 0 spiro atoms. The van der Waals surface area contributed by atoms with E-state index in [-0.39, 0.29) is 18.8 Å². The minimum atomic E-state index is -1.04. The number of anilines is 1. The van der Waals surface area contributed by atoms with Crippen LogP contribution < -0.4 is 10.7 Å². The van der Waals surface area contributed by atoms with Crippen molar-refractivity contribution < 1.29 is 18.0 Å². The van der Waals surface area contributed by atoms with E-state index in [1.807, 2.05) is 0 Å². The van der Waals surface area contributed by atoms with Crippen molar-refractivity contribution in [3.8, 4) is 0 Å². The summed E-state index contributed by atoms with van der Waals surface area (Å²) in [4.78, 5) is 25.8. The number of fused-ring (bicyclic) bond motifs is 1. The number of aromatic nitrogens is 1. The number of carbonyl (C=O) groups excluding carboxylic acids is 1. The summed E-state index contributed by atoms with van der Waals surface area (Å²) in [7, 11) is 0. The van der Waals surface area contributed by atoms with Crippen molar-refractivity contribution in [2.75, 3.05) is 11.4 Å². The first-order chi connectivity index (χ1) is 11.5. The van der Waals surface area contributed by atoms with E-state index < -0.39 is 23.3 Å². The van der Waals surface area contributed by atoms with E-state index in [2.05, 4.69) is 0 Å². The van der Waals surface area contributed by atoms with Gasteiger partial charge >= 0.3 is 5.76 Å². The summed E-state index contributed by atoms with van der Waals surface area (Å²) in [6, 6.07) is 9.97. The number of hydrogen-bond acceptors (Lipinski definition) is 3. The lowest BCUT2D eigenvalue weighted by Gasteiger charge is -2.21. The number of halogens is 2. The summed E-state index contributed by atoms with van der Waals surface area (Å²) in [5.74, 6) is -3.10. The second kappa shape index (κ2) is 6.27. The van der Waals surface area contributed by atoms with Crippen LogP contribution >= 0.6 is 0 Å². The highest BCUT2D eigenvalue weighted by molar-refractivity contribution is 5.93. The summed E-state index contributed by atoms with van der Waals surface area (Å²) in [6.45, 7) is 1.69. The van der Waals surface area contributed by atoms with Crippen LogP contribution in [0.1, 0.15) is 6.92 Å². The molecule has 0 fully saturated rings. The standard InChI is InChI=1S/C17H14F2N2O3/c1-2-20(11-7-8-12(18)13(19)9-11)16(22)10-21-14-5-3-4-6-15(14)24-17(21)23/h3-9H,2,10H2,1H3. The Morgan fingerprint density at radius 1 is 1.17 bits per heavy atom. The molecule has 0 radical (unpaired) electrons. The van der Waals surface area contributed by atoms with Crippen LogP contribution in [0.15, 0.2) is 51.7 Å². The summed E-state index contributed by atoms with van der Waals surface area (Å²) < 4.78 is 32.8. The van der Waals surface area contributed by atoms with Gasteiger partial charge in [0.15, 0.2) is 17.2 Å². The van der Waals surface area contributed by atoms with E-state index in [0.717, 1.165) is 12.1 Å². The van der Waals surface area contributed by atoms with Crippen LogP contribution in [0, 0.1) is 11.6 Å². The number of amides is 1. The van der Waals surface area contributed by atoms with Gasteiger partial charge in [-0.05, 0) is 31.2 Å². The molecule has 1 heterocycles. The van der Waals surface area contributed by atoms with Gasteiger partial charge in [0.25, 0.3) is 0 Å². The zero-order valence-electron chi connectivity index (χ0n) is 12.8. The molecule has 0 saturated carbocycles. The number of carbonyl (C=O) groups is 1. The maximum atomic E-state index is 13.4. The number of rotatable bonds is 4. The quantitative estimate of drug-likeness (QED) is 0.738. The highest BCUT2D eigenvalue weighted by Gasteiger charge is 2.19. The average Bonchev–Trinajstić information content (AvgIpc) is 2.87. The van der Waals surface area contributed by atoms with Gasteiger partial charge in [0.2, 0.25) is 5.91 Å². The maximum absolute atomic E-state index is 13.4. The van der Waals surface area contributed by atoms with Crippen molar-refractivity contribution in [1.82, 2.24) is 4.57 Å². The topological polar surface area (TPSA) is 55.5 Å². The third-order valence-electron chi connectivity index (χ3n) is 3.70. The van der Waals surface area contributed by atoms with Crippen LogP contribution in [0.5, 0.6) is 0 Å². The first-order valence-corrected chi connectivity index (χ1v) is 7.35. The predicted octanol–water partition coefficient (Wildman–Crippen LogP) is 2.93. The monoisotopic (exact) mass is 332 g/mol. The van der Waals surface area contributed by atoms with E-state index in [9.17, 15) is 18.4 Å². The highest BCUT2D eigenvalue weighted by atomic mass is 19.2. The smallest absolute Gasteiger partial charge is 0.408 e. The van der Waals surface area contributed by atoms with Crippen molar-refractivity contribution in [1.29, 1.82) is 0 Å². The van der Waals surface area contributed by atoms with Gasteiger partial charge in [-0.15, -0.1) is 0 Å². The molecule has 124 valence electrons. The molecule has 3 rings (SSSR count). The van der Waals surface area contributed by atoms with Crippen LogP contribution in [0.3, 0.4) is 0 Å². The number of para-hydroxylation sites is 2. The summed E-state index contributed by atoms with van der Waals surface area (Å²) in [5, 5.41) is 0. The average molecular weight is 332 g/mol. The molecule has 0 aliphatic carbocycles. The predicted molar refractivity (Wildman–Crippen MR) is 84.9 cm³/mol. The van der Waals surface area contributed by atoms with E-state index in [4.69, 9.17) is 4.42 Å². The Hall–Kier alpha value is -2.96. The van der Waals surface area contributed by atoms with E-state index >= 15 is 0 Å². The van der Waals surface area contributed by atoms with Gasteiger partial charge in [-0.25, -0.2) is 13.6 Å². The lowest BCUT2D eigenvalue weighted by atomic mass is 10.2. The second-order valence-corrected chi connectivity index (χ2v) is 5.16. The molecular formula is C17H14F2N2O3. The molecule has 7 heteroatoms. The van der Waals surface area contributed by atoms with Gasteiger partial charge < -0.3 is 9.32 Å². The number of likely N-dealkylation sites (N-methyl/N-ethyl adjacent to an activating group) is 1. The summed E-state index contributed by atoms with van der Waals surface area (Å²) in [5.41, 5.74) is 1.10. The Bertz CT molecular complexity index is 962. The fourth-order valence-corrected chi connectivity index (χ4v) is 2.54. The molecule has 3 aromatic rings. The van der Waals surface area contributed by atoms with Crippen molar-refractivity contribution in [2.45, 2.75) is 13.5 Å². The Labute approximate surface area is 135 Å². The van der Waals surface area contributed by atoms with Crippen molar-refractivity contribution in [2.24, 2.45) is 0 Å². The summed E-state index contributed by atoms with van der Waals surface area (Å²) in [6.07, 6.45) is 0. The van der Waals surface area contributed by atoms with Crippen LogP contribution in [-0.4, -0.2) is 17.0 Å². The van der Waals surface area contributed by atoms with E-state index in [0.29, 0.717) is 11.1 Å². The van der Waals surface area contributed by atoms with Crippen LogP contribution in [0.4, 0.5) is 14.5 Å². The normalized spacial score (nSPS) is 11.0. The number of hydrogen-bond donors (Lipinski definition) is 0. The molecule has 1 aromatic heterocycles. The molecule has 2 aromatic carbocycles. The zero-order chi connectivity index (χ0) is 17.3. The first-order valence-electron chi connectivity index (χ1n) is 7.35. The number of benzene rings is 2. The van der Waals surface area contributed by atoms with Crippen molar-refractivity contribution >= 4 is 22.7 Å². The number of oxazole rings is 1. The molecule has 1 amide bonds. The van der Waals surface area contributed by atoms with Gasteiger partial charge in [-0.2, -0.15) is 0 Å². The van der Waals surface area contributed by atoms with Crippen molar-refractivity contribution in [3.05, 3.63) is 64.6 Å². The summed E-state index contributed by atoms with van der Waals surface area (Å²) >= 11 is 0. The molecule has 0 aliphatic heterocycles. The van der Waals surface area contributed by atoms with Gasteiger partial charge in [0.05, 0.1) is 5.52 Å². The Morgan fingerprint density at radius 3 is 2.62 bits per heavy atom. The fraction of sp³-hybridized carbons (Fsp3) is 0.176. The van der Waals surface area contributed by atoms with Crippen molar-refractivity contribution in [3.63, 3.8) is 0 Å². The van der Waals surface area contributed by atoms with E-state index in [1.165, 1.54) is 15.5 Å². The van der Waals surface area contributed by atoms with Crippen LogP contribution in [-0.2, 0) is 11.3 Å². The molecule has 0 bridgehead atoms. The SMILES string of the molecule is CCN(C(=O)Cn1c(=O)oc2ccccc21)c1ccc(F)c(F)c1. The highest BCUT2D eigenvalue weighted by Crippen LogP contribution is 2.19. The lowest BCUT2D eigenvalue weighted by molar-refractivity contribution is -0.119. The molecule has 24 heavy (non-hydrogen) atoms. The Morgan fingerprint density at radius 2 is 1.92 bits per heavy atom. The molecule has 0 atom stereocenters. The Kier molecular flexibility index (Phi) is 4.16. The number of nitrogens with zero attached hydrogens (tertiary/aromatic N) is 2. The molecule has 0 aliphatic rings. The molecule has 0 unspecified atom stereocenters. The van der Waals surface area contributed by atoms with Gasteiger partial charge in [0.1, 0.15) is 6.54 Å². The van der Waals surface area contributed by atoms with Gasteiger partial charge in [0, 0.05) is 18.3 Å². The fourth-order valence-electron chi connectivity index (χ4n) is 2.54. The molecule has 0 saturated heterocycles. The van der Waals surface area contributed by atoms with E-state index in [1.54, 1.807) is 31.2 Å². The minimum Gasteiger partial charge on any atom is -0.408 e. The largest absolute Gasteiger partial charge is 0.420 e. The van der Waals surface area contributed by atoms with Crippen LogP contribution in [0.2, 0.25) is 0 Å².